The van der Waals surface area contributed by atoms with Crippen LogP contribution in [0.5, 0.6) is 5.75 Å². The summed E-state index contributed by atoms with van der Waals surface area (Å²) in [6.45, 7) is 10.9. The maximum absolute atomic E-state index is 5.95. The van der Waals surface area contributed by atoms with E-state index in [4.69, 9.17) is 9.15 Å². The minimum atomic E-state index is 0.622. The van der Waals surface area contributed by atoms with E-state index in [0.29, 0.717) is 5.89 Å². The minimum Gasteiger partial charge on any atom is -0.494 e. The molecule has 0 radical (unpaired) electrons. The molecule has 0 aliphatic rings. The molecule has 1 aromatic heterocycles. The summed E-state index contributed by atoms with van der Waals surface area (Å²) >= 11 is 0. The standard InChI is InChI=1S/C27H36N2O2/c1-4-6-17-29(18-7-5-2)19-8-20-30-24-13-10-23(11-14-24)12-16-27-28-25-21-22(3)9-15-26(25)31-27/h9-16,21H,4-8,17-20H2,1-3H3/b16-12+. The van der Waals surface area contributed by atoms with Crippen molar-refractivity contribution in [1.29, 1.82) is 0 Å². The van der Waals surface area contributed by atoms with Crippen LogP contribution in [-0.2, 0) is 0 Å². The number of ether oxygens (including phenoxy) is 1. The first-order valence-electron chi connectivity index (χ1n) is 11.7. The van der Waals surface area contributed by atoms with Gasteiger partial charge in [-0.15, -0.1) is 0 Å². The Morgan fingerprint density at radius 3 is 2.32 bits per heavy atom. The van der Waals surface area contributed by atoms with E-state index in [-0.39, 0.29) is 0 Å². The van der Waals surface area contributed by atoms with Gasteiger partial charge < -0.3 is 14.1 Å². The van der Waals surface area contributed by atoms with Gasteiger partial charge in [-0.25, -0.2) is 4.98 Å². The fourth-order valence-corrected chi connectivity index (χ4v) is 3.55. The van der Waals surface area contributed by atoms with Crippen molar-refractivity contribution >= 4 is 23.3 Å². The molecule has 3 aromatic rings. The summed E-state index contributed by atoms with van der Waals surface area (Å²) < 4.78 is 11.7. The van der Waals surface area contributed by atoms with E-state index in [1.165, 1.54) is 44.3 Å². The van der Waals surface area contributed by atoms with Gasteiger partial charge in [-0.1, -0.05) is 44.9 Å². The number of hydrogen-bond acceptors (Lipinski definition) is 4. The highest BCUT2D eigenvalue weighted by Crippen LogP contribution is 2.19. The van der Waals surface area contributed by atoms with Crippen LogP contribution in [0.15, 0.2) is 46.9 Å². The van der Waals surface area contributed by atoms with Gasteiger partial charge in [0, 0.05) is 12.6 Å². The Morgan fingerprint density at radius 2 is 1.61 bits per heavy atom. The monoisotopic (exact) mass is 420 g/mol. The average Bonchev–Trinajstić information content (AvgIpc) is 3.19. The zero-order valence-corrected chi connectivity index (χ0v) is 19.3. The molecule has 166 valence electrons. The van der Waals surface area contributed by atoms with Crippen LogP contribution in [-0.4, -0.2) is 36.1 Å². The molecular weight excluding hydrogens is 384 g/mol. The number of hydrogen-bond donors (Lipinski definition) is 0. The summed E-state index contributed by atoms with van der Waals surface area (Å²) in [6.07, 6.45) is 10.1. The SMILES string of the molecule is CCCCN(CCCC)CCCOc1ccc(/C=C/c2nc3cc(C)ccc3o2)cc1. The maximum atomic E-state index is 5.95. The van der Waals surface area contributed by atoms with Crippen molar-refractivity contribution in [2.24, 2.45) is 0 Å². The van der Waals surface area contributed by atoms with Crippen molar-refractivity contribution in [3.63, 3.8) is 0 Å². The van der Waals surface area contributed by atoms with Gasteiger partial charge in [0.05, 0.1) is 6.61 Å². The van der Waals surface area contributed by atoms with Crippen molar-refractivity contribution < 1.29 is 9.15 Å². The number of aromatic nitrogens is 1. The van der Waals surface area contributed by atoms with Crippen molar-refractivity contribution in [2.45, 2.75) is 52.9 Å². The molecule has 3 rings (SSSR count). The van der Waals surface area contributed by atoms with Gasteiger partial charge in [0.2, 0.25) is 5.89 Å². The van der Waals surface area contributed by atoms with E-state index >= 15 is 0 Å². The van der Waals surface area contributed by atoms with Gasteiger partial charge in [-0.3, -0.25) is 0 Å². The van der Waals surface area contributed by atoms with Gasteiger partial charge >= 0.3 is 0 Å². The molecule has 4 heteroatoms. The summed E-state index contributed by atoms with van der Waals surface area (Å²) in [7, 11) is 0. The molecule has 0 amide bonds. The predicted octanol–water partition coefficient (Wildman–Crippen LogP) is 6.98. The van der Waals surface area contributed by atoms with Crippen molar-refractivity contribution in [3.05, 3.63) is 59.5 Å². The topological polar surface area (TPSA) is 38.5 Å². The normalized spacial score (nSPS) is 11.7. The molecule has 0 unspecified atom stereocenters. The third kappa shape index (κ3) is 7.55. The summed E-state index contributed by atoms with van der Waals surface area (Å²) in [5.74, 6) is 1.54. The molecule has 31 heavy (non-hydrogen) atoms. The highest BCUT2D eigenvalue weighted by molar-refractivity contribution is 5.76. The van der Waals surface area contributed by atoms with E-state index < -0.39 is 0 Å². The number of benzene rings is 2. The lowest BCUT2D eigenvalue weighted by Gasteiger charge is -2.21. The molecule has 4 nitrogen and oxygen atoms in total. The molecule has 0 aliphatic carbocycles. The van der Waals surface area contributed by atoms with Gasteiger partial charge in [0.1, 0.15) is 11.3 Å². The Labute approximate surface area is 186 Å². The average molecular weight is 421 g/mol. The maximum Gasteiger partial charge on any atom is 0.220 e. The number of fused-ring (bicyclic) bond motifs is 1. The van der Waals surface area contributed by atoms with Crippen molar-refractivity contribution in [3.8, 4) is 5.75 Å². The quantitative estimate of drug-likeness (QED) is 0.280. The highest BCUT2D eigenvalue weighted by Gasteiger charge is 2.05. The first kappa shape index (κ1) is 23.1. The van der Waals surface area contributed by atoms with Crippen LogP contribution in [0, 0.1) is 6.92 Å². The summed E-state index contributed by atoms with van der Waals surface area (Å²) in [6, 6.07) is 14.2. The summed E-state index contributed by atoms with van der Waals surface area (Å²) in [5, 5.41) is 0. The Morgan fingerprint density at radius 1 is 0.903 bits per heavy atom. The lowest BCUT2D eigenvalue weighted by Crippen LogP contribution is -2.28. The van der Waals surface area contributed by atoms with Gasteiger partial charge in [-0.05, 0) is 80.7 Å². The van der Waals surface area contributed by atoms with Crippen molar-refractivity contribution in [1.82, 2.24) is 9.88 Å². The van der Waals surface area contributed by atoms with E-state index in [1.54, 1.807) is 0 Å². The third-order valence-electron chi connectivity index (χ3n) is 5.40. The molecule has 2 aromatic carbocycles. The summed E-state index contributed by atoms with van der Waals surface area (Å²) in [4.78, 5) is 7.11. The second-order valence-corrected chi connectivity index (χ2v) is 8.18. The van der Waals surface area contributed by atoms with Crippen LogP contribution in [0.25, 0.3) is 23.3 Å². The molecule has 0 aliphatic heterocycles. The van der Waals surface area contributed by atoms with Crippen LogP contribution < -0.4 is 4.74 Å². The van der Waals surface area contributed by atoms with Crippen LogP contribution in [0.1, 0.15) is 63.0 Å². The molecule has 0 fully saturated rings. The number of aryl methyl sites for hydroxylation is 1. The molecule has 0 N–H and O–H groups in total. The molecule has 0 saturated heterocycles. The third-order valence-corrected chi connectivity index (χ3v) is 5.40. The Balaban J connectivity index is 1.45. The number of unbranched alkanes of at least 4 members (excludes halogenated alkanes) is 2. The molecule has 0 bridgehead atoms. The predicted molar refractivity (Wildman–Crippen MR) is 130 cm³/mol. The van der Waals surface area contributed by atoms with Gasteiger partial charge in [0.15, 0.2) is 5.58 Å². The zero-order valence-electron chi connectivity index (χ0n) is 19.3. The van der Waals surface area contributed by atoms with Crippen LogP contribution in [0.4, 0.5) is 0 Å². The van der Waals surface area contributed by atoms with Gasteiger partial charge in [-0.2, -0.15) is 0 Å². The first-order valence-corrected chi connectivity index (χ1v) is 11.7. The van der Waals surface area contributed by atoms with Gasteiger partial charge in [0.25, 0.3) is 0 Å². The largest absolute Gasteiger partial charge is 0.494 e. The number of oxazole rings is 1. The lowest BCUT2D eigenvalue weighted by molar-refractivity contribution is 0.229. The molecule has 0 atom stereocenters. The Bertz CT molecular complexity index is 936. The second-order valence-electron chi connectivity index (χ2n) is 8.18. The molecule has 0 spiro atoms. The zero-order chi connectivity index (χ0) is 21.9. The fourth-order valence-electron chi connectivity index (χ4n) is 3.55. The molecule has 0 saturated carbocycles. The smallest absolute Gasteiger partial charge is 0.220 e. The van der Waals surface area contributed by atoms with E-state index in [2.05, 4.69) is 42.8 Å². The van der Waals surface area contributed by atoms with Crippen LogP contribution in [0.3, 0.4) is 0 Å². The minimum absolute atomic E-state index is 0.622. The van der Waals surface area contributed by atoms with E-state index in [0.717, 1.165) is 42.0 Å². The van der Waals surface area contributed by atoms with Crippen molar-refractivity contribution in [2.75, 3.05) is 26.2 Å². The highest BCUT2D eigenvalue weighted by atomic mass is 16.5. The van der Waals surface area contributed by atoms with Crippen LogP contribution in [0.2, 0.25) is 0 Å². The molecule has 1 heterocycles. The fraction of sp³-hybridized carbons (Fsp3) is 0.444. The second kappa shape index (κ2) is 12.3. The number of rotatable bonds is 13. The Hall–Kier alpha value is -2.59. The molecular formula is C27H36N2O2. The number of nitrogens with zero attached hydrogens (tertiary/aromatic N) is 2. The van der Waals surface area contributed by atoms with E-state index in [1.807, 2.05) is 42.5 Å². The van der Waals surface area contributed by atoms with E-state index in [9.17, 15) is 0 Å². The lowest BCUT2D eigenvalue weighted by atomic mass is 10.2. The summed E-state index contributed by atoms with van der Waals surface area (Å²) in [5.41, 5.74) is 3.99. The van der Waals surface area contributed by atoms with Crippen LogP contribution >= 0.6 is 0 Å². The Kier molecular flexibility index (Phi) is 9.16. The first-order chi connectivity index (χ1) is 15.2.